The van der Waals surface area contributed by atoms with Gasteiger partial charge < -0.3 is 15.5 Å². The van der Waals surface area contributed by atoms with Gasteiger partial charge in [-0.25, -0.2) is 15.0 Å². The highest BCUT2D eigenvalue weighted by atomic mass is 32.2. The van der Waals surface area contributed by atoms with E-state index in [2.05, 4.69) is 37.4 Å². The topological polar surface area (TPSA) is 78.9 Å². The molecule has 0 spiro atoms. The molecule has 7 nitrogen and oxygen atoms in total. The zero-order valence-electron chi connectivity index (χ0n) is 15.3. The minimum atomic E-state index is 0.462. The Morgan fingerprint density at radius 2 is 2.00 bits per heavy atom. The van der Waals surface area contributed by atoms with Crippen LogP contribution in [0.15, 0.2) is 34.7 Å². The van der Waals surface area contributed by atoms with Crippen LogP contribution in [0, 0.1) is 0 Å². The first kappa shape index (κ1) is 18.4. The third-order valence-electron chi connectivity index (χ3n) is 4.66. The van der Waals surface area contributed by atoms with Gasteiger partial charge in [-0.1, -0.05) is 0 Å². The zero-order valence-corrected chi connectivity index (χ0v) is 16.9. The van der Waals surface area contributed by atoms with Crippen molar-refractivity contribution in [3.63, 3.8) is 0 Å². The lowest BCUT2D eigenvalue weighted by Gasteiger charge is -2.34. The van der Waals surface area contributed by atoms with E-state index in [-0.39, 0.29) is 0 Å². The van der Waals surface area contributed by atoms with Gasteiger partial charge in [-0.05, 0) is 69.1 Å². The Hall–Kier alpha value is -2.00. The van der Waals surface area contributed by atoms with Gasteiger partial charge in [-0.2, -0.15) is 4.98 Å². The summed E-state index contributed by atoms with van der Waals surface area (Å²) in [6.07, 6.45) is 9.43. The van der Waals surface area contributed by atoms with Gasteiger partial charge in [0, 0.05) is 37.1 Å². The number of aromatic nitrogens is 4. The molecule has 9 heteroatoms. The van der Waals surface area contributed by atoms with Gasteiger partial charge in [0.15, 0.2) is 10.3 Å². The van der Waals surface area contributed by atoms with Crippen molar-refractivity contribution in [2.75, 3.05) is 16.8 Å². The first-order chi connectivity index (χ1) is 13.2. The summed E-state index contributed by atoms with van der Waals surface area (Å²) in [5.41, 5.74) is 0. The lowest BCUT2D eigenvalue weighted by Crippen LogP contribution is -2.38. The molecule has 27 heavy (non-hydrogen) atoms. The molecule has 1 aliphatic heterocycles. The highest BCUT2D eigenvalue weighted by Gasteiger charge is 2.23. The van der Waals surface area contributed by atoms with E-state index < -0.39 is 0 Å². The SMILES string of the molecule is CC1CCCCN1c1cc(Sc2ncccn2)nc(NC(=S)NC2CC2)n1. The molecule has 2 N–H and O–H groups in total. The van der Waals surface area contributed by atoms with Crippen molar-refractivity contribution in [2.24, 2.45) is 0 Å². The highest BCUT2D eigenvalue weighted by Crippen LogP contribution is 2.30. The number of hydrogen-bond acceptors (Lipinski definition) is 7. The summed E-state index contributed by atoms with van der Waals surface area (Å²) >= 11 is 6.83. The van der Waals surface area contributed by atoms with Crippen molar-refractivity contribution in [1.29, 1.82) is 0 Å². The molecular weight excluding hydrogens is 378 g/mol. The molecule has 0 radical (unpaired) electrons. The molecule has 0 bridgehead atoms. The minimum Gasteiger partial charge on any atom is -0.360 e. The highest BCUT2D eigenvalue weighted by molar-refractivity contribution is 7.99. The quantitative estimate of drug-likeness (QED) is 0.446. The van der Waals surface area contributed by atoms with Crippen LogP contribution < -0.4 is 15.5 Å². The molecule has 4 rings (SSSR count). The average molecular weight is 402 g/mol. The molecule has 3 heterocycles. The molecule has 1 saturated carbocycles. The molecule has 0 aromatic carbocycles. The maximum absolute atomic E-state index is 5.40. The number of rotatable bonds is 5. The predicted molar refractivity (Wildman–Crippen MR) is 111 cm³/mol. The van der Waals surface area contributed by atoms with Gasteiger partial charge in [0.2, 0.25) is 5.95 Å². The molecule has 2 aromatic rings. The Balaban J connectivity index is 1.59. The third kappa shape index (κ3) is 5.04. The predicted octanol–water partition coefficient (Wildman–Crippen LogP) is 3.25. The first-order valence-electron chi connectivity index (χ1n) is 9.35. The fourth-order valence-corrected chi connectivity index (χ4v) is 4.06. The van der Waals surface area contributed by atoms with Crippen LogP contribution in [0.2, 0.25) is 0 Å². The third-order valence-corrected chi connectivity index (χ3v) is 5.69. The van der Waals surface area contributed by atoms with Crippen molar-refractivity contribution in [1.82, 2.24) is 25.3 Å². The molecular formula is C18H23N7S2. The van der Waals surface area contributed by atoms with Crippen molar-refractivity contribution in [3.8, 4) is 0 Å². The molecule has 2 aliphatic rings. The van der Waals surface area contributed by atoms with E-state index in [0.29, 0.717) is 28.3 Å². The summed E-state index contributed by atoms with van der Waals surface area (Å²) in [4.78, 5) is 20.3. The number of piperidine rings is 1. The summed E-state index contributed by atoms with van der Waals surface area (Å²) in [7, 11) is 0. The van der Waals surface area contributed by atoms with E-state index in [1.54, 1.807) is 18.5 Å². The zero-order chi connectivity index (χ0) is 18.6. The van der Waals surface area contributed by atoms with Gasteiger partial charge in [0.25, 0.3) is 0 Å². The number of nitrogens with one attached hydrogen (secondary N) is 2. The molecule has 1 unspecified atom stereocenters. The average Bonchev–Trinajstić information content (AvgIpc) is 3.46. The second-order valence-corrected chi connectivity index (χ2v) is 8.33. The van der Waals surface area contributed by atoms with E-state index in [9.17, 15) is 0 Å². The lowest BCUT2D eigenvalue weighted by molar-refractivity contribution is 0.480. The molecule has 142 valence electrons. The normalized spacial score (nSPS) is 19.6. The second kappa shape index (κ2) is 8.35. The smallest absolute Gasteiger partial charge is 0.232 e. The van der Waals surface area contributed by atoms with Crippen LogP contribution in [-0.2, 0) is 0 Å². The van der Waals surface area contributed by atoms with Gasteiger partial charge in [-0.15, -0.1) is 0 Å². The summed E-state index contributed by atoms with van der Waals surface area (Å²) in [5.74, 6) is 1.44. The minimum absolute atomic E-state index is 0.462. The molecule has 2 fully saturated rings. The molecule has 0 amide bonds. The number of hydrogen-bond donors (Lipinski definition) is 2. The Morgan fingerprint density at radius 3 is 2.74 bits per heavy atom. The van der Waals surface area contributed by atoms with Crippen LogP contribution in [0.25, 0.3) is 0 Å². The van der Waals surface area contributed by atoms with Gasteiger partial charge in [-0.3, -0.25) is 0 Å². The molecule has 1 aliphatic carbocycles. The number of anilines is 2. The Kier molecular flexibility index (Phi) is 5.68. The molecule has 2 aromatic heterocycles. The Labute approximate surface area is 168 Å². The summed E-state index contributed by atoms with van der Waals surface area (Å²) in [6.45, 7) is 3.26. The van der Waals surface area contributed by atoms with Crippen LogP contribution in [0.3, 0.4) is 0 Å². The van der Waals surface area contributed by atoms with Crippen LogP contribution in [-0.4, -0.2) is 43.7 Å². The largest absolute Gasteiger partial charge is 0.360 e. The van der Waals surface area contributed by atoms with Crippen LogP contribution >= 0.6 is 24.0 Å². The van der Waals surface area contributed by atoms with Gasteiger partial charge >= 0.3 is 0 Å². The fraction of sp³-hybridized carbons (Fsp3) is 0.500. The van der Waals surface area contributed by atoms with E-state index in [0.717, 1.165) is 17.4 Å². The van der Waals surface area contributed by atoms with Crippen molar-refractivity contribution in [2.45, 2.75) is 61.3 Å². The maximum atomic E-state index is 5.40. The van der Waals surface area contributed by atoms with Crippen molar-refractivity contribution < 1.29 is 0 Å². The molecule has 1 saturated heterocycles. The number of nitrogens with zero attached hydrogens (tertiary/aromatic N) is 5. The fourth-order valence-electron chi connectivity index (χ4n) is 3.09. The first-order valence-corrected chi connectivity index (χ1v) is 10.6. The lowest BCUT2D eigenvalue weighted by atomic mass is 10.0. The van der Waals surface area contributed by atoms with E-state index in [1.807, 2.05) is 6.07 Å². The van der Waals surface area contributed by atoms with Crippen molar-refractivity contribution in [3.05, 3.63) is 24.5 Å². The van der Waals surface area contributed by atoms with Crippen LogP contribution in [0.1, 0.15) is 39.0 Å². The van der Waals surface area contributed by atoms with Crippen molar-refractivity contribution >= 4 is 40.9 Å². The van der Waals surface area contributed by atoms with Gasteiger partial charge in [0.05, 0.1) is 0 Å². The van der Waals surface area contributed by atoms with Crippen LogP contribution in [0.5, 0.6) is 0 Å². The maximum Gasteiger partial charge on any atom is 0.232 e. The summed E-state index contributed by atoms with van der Waals surface area (Å²) in [5, 5.41) is 8.47. The Bertz CT molecular complexity index is 798. The van der Waals surface area contributed by atoms with E-state index in [1.165, 1.54) is 43.9 Å². The van der Waals surface area contributed by atoms with E-state index in [4.69, 9.17) is 17.2 Å². The summed E-state index contributed by atoms with van der Waals surface area (Å²) < 4.78 is 0. The number of thiocarbonyl (C=S) groups is 1. The second-order valence-electron chi connectivity index (χ2n) is 6.93. The monoisotopic (exact) mass is 401 g/mol. The standard InChI is InChI=1S/C18H23N7S2/c1-12-5-2-3-10-25(12)14-11-15(27-18-19-8-4-9-20-18)23-16(22-14)24-17(26)21-13-6-7-13/h4,8-9,11-13H,2-3,5-7,10H2,1H3,(H2,21,22,23,24,26). The van der Waals surface area contributed by atoms with Gasteiger partial charge in [0.1, 0.15) is 10.8 Å². The summed E-state index contributed by atoms with van der Waals surface area (Å²) in [6, 6.07) is 4.77. The van der Waals surface area contributed by atoms with Crippen LogP contribution in [0.4, 0.5) is 11.8 Å². The Morgan fingerprint density at radius 1 is 1.19 bits per heavy atom. The van der Waals surface area contributed by atoms with E-state index >= 15 is 0 Å². The molecule has 1 atom stereocenters.